The summed E-state index contributed by atoms with van der Waals surface area (Å²) in [5.41, 5.74) is 5.55. The van der Waals surface area contributed by atoms with Gasteiger partial charge in [-0.15, -0.1) is 0 Å². The normalized spacial score (nSPS) is 10.6. The van der Waals surface area contributed by atoms with E-state index in [1.165, 1.54) is 7.11 Å². The van der Waals surface area contributed by atoms with Gasteiger partial charge in [0, 0.05) is 13.6 Å². The summed E-state index contributed by atoms with van der Waals surface area (Å²) in [5.74, 6) is 0.616. The third kappa shape index (κ3) is 4.39. The number of anilines is 2. The summed E-state index contributed by atoms with van der Waals surface area (Å²) < 4.78 is 10.4. The van der Waals surface area contributed by atoms with Crippen LogP contribution in [0.15, 0.2) is 0 Å². The van der Waals surface area contributed by atoms with Crippen molar-refractivity contribution in [1.82, 2.24) is 15.0 Å². The Labute approximate surface area is 101 Å². The molecule has 7 nitrogen and oxygen atoms in total. The van der Waals surface area contributed by atoms with E-state index in [4.69, 9.17) is 15.2 Å². The van der Waals surface area contributed by atoms with Crippen LogP contribution in [0.3, 0.4) is 0 Å². The lowest BCUT2D eigenvalue weighted by atomic mass is 10.5. The van der Waals surface area contributed by atoms with Gasteiger partial charge in [0.25, 0.3) is 0 Å². The second-order valence-electron chi connectivity index (χ2n) is 3.82. The second-order valence-corrected chi connectivity index (χ2v) is 3.82. The van der Waals surface area contributed by atoms with Crippen molar-refractivity contribution in [2.24, 2.45) is 0 Å². The minimum atomic E-state index is 0.142. The quantitative estimate of drug-likeness (QED) is 0.767. The molecular weight excluding hydrogens is 222 g/mol. The van der Waals surface area contributed by atoms with E-state index in [-0.39, 0.29) is 18.1 Å². The Morgan fingerprint density at radius 3 is 2.59 bits per heavy atom. The molecule has 17 heavy (non-hydrogen) atoms. The molecule has 0 aliphatic heterocycles. The molecule has 96 valence electrons. The predicted octanol–water partition coefficient (Wildman–Crippen LogP) is 0.324. The molecule has 2 N–H and O–H groups in total. The molecule has 0 unspecified atom stereocenters. The molecule has 0 bridgehead atoms. The number of ether oxygens (including phenoxy) is 2. The van der Waals surface area contributed by atoms with Gasteiger partial charge in [0.15, 0.2) is 0 Å². The topological polar surface area (TPSA) is 86.4 Å². The van der Waals surface area contributed by atoms with Crippen LogP contribution in [0.25, 0.3) is 0 Å². The number of hydrogen-bond donors (Lipinski definition) is 1. The first kappa shape index (κ1) is 13.4. The van der Waals surface area contributed by atoms with Gasteiger partial charge in [-0.3, -0.25) is 0 Å². The molecule has 1 aromatic heterocycles. The van der Waals surface area contributed by atoms with Crippen LogP contribution in [0, 0.1) is 0 Å². The first-order valence-corrected chi connectivity index (χ1v) is 5.41. The third-order valence-electron chi connectivity index (χ3n) is 2.02. The van der Waals surface area contributed by atoms with E-state index in [0.29, 0.717) is 19.1 Å². The maximum absolute atomic E-state index is 5.55. The number of hydrogen-bond acceptors (Lipinski definition) is 7. The number of nitrogens with two attached hydrogens (primary N) is 1. The Balaban J connectivity index is 2.61. The molecule has 0 aromatic carbocycles. The third-order valence-corrected chi connectivity index (χ3v) is 2.02. The summed E-state index contributed by atoms with van der Waals surface area (Å²) in [6, 6.07) is 0.212. The van der Waals surface area contributed by atoms with E-state index in [1.54, 1.807) is 0 Å². The van der Waals surface area contributed by atoms with E-state index in [0.717, 1.165) is 0 Å². The molecule has 1 aromatic rings. The summed E-state index contributed by atoms with van der Waals surface area (Å²) in [6.07, 6.45) is 0.210. The summed E-state index contributed by atoms with van der Waals surface area (Å²) in [6.45, 7) is 5.25. The first-order valence-electron chi connectivity index (χ1n) is 5.41. The number of methoxy groups -OCH3 is 1. The minimum absolute atomic E-state index is 0.142. The van der Waals surface area contributed by atoms with Crippen molar-refractivity contribution in [3.8, 4) is 6.01 Å². The highest BCUT2D eigenvalue weighted by Gasteiger charge is 2.09. The van der Waals surface area contributed by atoms with Gasteiger partial charge in [0.1, 0.15) is 0 Å². The number of rotatable bonds is 6. The molecule has 0 saturated heterocycles. The molecule has 0 radical (unpaired) electrons. The maximum Gasteiger partial charge on any atom is 0.322 e. The van der Waals surface area contributed by atoms with Crippen LogP contribution < -0.4 is 15.4 Å². The van der Waals surface area contributed by atoms with Crippen molar-refractivity contribution in [2.75, 3.05) is 37.9 Å². The lowest BCUT2D eigenvalue weighted by molar-refractivity contribution is 0.0844. The van der Waals surface area contributed by atoms with Crippen LogP contribution in [-0.2, 0) is 4.74 Å². The van der Waals surface area contributed by atoms with Crippen LogP contribution >= 0.6 is 0 Å². The standard InChI is InChI=1S/C10H19N5O2/c1-7(2)17-6-5-15(3)9-12-8(11)13-10(14-9)16-4/h7H,5-6H2,1-4H3,(H2,11,12,13,14). The highest BCUT2D eigenvalue weighted by molar-refractivity contribution is 5.34. The van der Waals surface area contributed by atoms with Crippen molar-refractivity contribution in [3.63, 3.8) is 0 Å². The van der Waals surface area contributed by atoms with Gasteiger partial charge < -0.3 is 20.1 Å². The fraction of sp³-hybridized carbons (Fsp3) is 0.700. The molecule has 0 aliphatic rings. The molecule has 0 fully saturated rings. The molecule has 0 aliphatic carbocycles. The maximum atomic E-state index is 5.55. The zero-order valence-corrected chi connectivity index (χ0v) is 10.7. The predicted molar refractivity (Wildman–Crippen MR) is 65.1 cm³/mol. The Kier molecular flexibility index (Phi) is 4.89. The fourth-order valence-corrected chi connectivity index (χ4v) is 1.15. The Morgan fingerprint density at radius 1 is 1.29 bits per heavy atom. The van der Waals surface area contributed by atoms with Crippen LogP contribution in [0.1, 0.15) is 13.8 Å². The smallest absolute Gasteiger partial charge is 0.322 e. The molecule has 1 rings (SSSR count). The van der Waals surface area contributed by atoms with Crippen molar-refractivity contribution in [2.45, 2.75) is 20.0 Å². The Hall–Kier alpha value is -1.63. The molecule has 0 amide bonds. The van der Waals surface area contributed by atoms with Gasteiger partial charge in [-0.25, -0.2) is 0 Å². The van der Waals surface area contributed by atoms with E-state index in [9.17, 15) is 0 Å². The summed E-state index contributed by atoms with van der Waals surface area (Å²) in [5, 5.41) is 0. The average Bonchev–Trinajstić information content (AvgIpc) is 2.27. The Morgan fingerprint density at radius 2 is 2.00 bits per heavy atom. The lowest BCUT2D eigenvalue weighted by Gasteiger charge is -2.18. The van der Waals surface area contributed by atoms with Crippen LogP contribution in [0.4, 0.5) is 11.9 Å². The van der Waals surface area contributed by atoms with Gasteiger partial charge >= 0.3 is 6.01 Å². The fourth-order valence-electron chi connectivity index (χ4n) is 1.15. The number of nitrogens with zero attached hydrogens (tertiary/aromatic N) is 4. The van der Waals surface area contributed by atoms with Gasteiger partial charge in [-0.2, -0.15) is 15.0 Å². The average molecular weight is 241 g/mol. The SMILES string of the molecule is COc1nc(N)nc(N(C)CCOC(C)C)n1. The van der Waals surface area contributed by atoms with Gasteiger partial charge in [-0.05, 0) is 13.8 Å². The van der Waals surface area contributed by atoms with Crippen molar-refractivity contribution >= 4 is 11.9 Å². The van der Waals surface area contributed by atoms with Gasteiger partial charge in [-0.1, -0.05) is 0 Å². The van der Waals surface area contributed by atoms with E-state index >= 15 is 0 Å². The van der Waals surface area contributed by atoms with Crippen LogP contribution in [0.5, 0.6) is 6.01 Å². The molecule has 1 heterocycles. The van der Waals surface area contributed by atoms with E-state index in [2.05, 4.69) is 15.0 Å². The monoisotopic (exact) mass is 241 g/mol. The van der Waals surface area contributed by atoms with Crippen LogP contribution in [-0.4, -0.2) is 48.4 Å². The van der Waals surface area contributed by atoms with Gasteiger partial charge in [0.2, 0.25) is 11.9 Å². The largest absolute Gasteiger partial charge is 0.467 e. The Bertz CT molecular complexity index is 359. The summed E-state index contributed by atoms with van der Waals surface area (Å²) >= 11 is 0. The number of likely N-dealkylation sites (N-methyl/N-ethyl adjacent to an activating group) is 1. The number of aromatic nitrogens is 3. The molecular formula is C10H19N5O2. The van der Waals surface area contributed by atoms with E-state index in [1.807, 2.05) is 25.8 Å². The zero-order valence-electron chi connectivity index (χ0n) is 10.7. The molecule has 0 atom stereocenters. The van der Waals surface area contributed by atoms with Crippen molar-refractivity contribution in [3.05, 3.63) is 0 Å². The summed E-state index contributed by atoms with van der Waals surface area (Å²) in [7, 11) is 3.35. The zero-order chi connectivity index (χ0) is 12.8. The molecule has 7 heteroatoms. The van der Waals surface area contributed by atoms with Crippen molar-refractivity contribution < 1.29 is 9.47 Å². The minimum Gasteiger partial charge on any atom is -0.467 e. The summed E-state index contributed by atoms with van der Waals surface area (Å²) in [4.78, 5) is 13.8. The first-order chi connectivity index (χ1) is 8.02. The highest BCUT2D eigenvalue weighted by atomic mass is 16.5. The van der Waals surface area contributed by atoms with Crippen LogP contribution in [0.2, 0.25) is 0 Å². The van der Waals surface area contributed by atoms with Gasteiger partial charge in [0.05, 0.1) is 19.8 Å². The lowest BCUT2D eigenvalue weighted by Crippen LogP contribution is -2.26. The second kappa shape index (κ2) is 6.19. The number of nitrogen functional groups attached to an aromatic ring is 1. The highest BCUT2D eigenvalue weighted by Crippen LogP contribution is 2.11. The van der Waals surface area contributed by atoms with Crippen molar-refractivity contribution in [1.29, 1.82) is 0 Å². The molecule has 0 saturated carbocycles. The van der Waals surface area contributed by atoms with E-state index < -0.39 is 0 Å². The molecule has 0 spiro atoms.